The number of guanidine groups is 1. The van der Waals surface area contributed by atoms with Crippen molar-refractivity contribution in [3.8, 4) is 0 Å². The number of fused-ring (bicyclic) bond motifs is 1. The van der Waals surface area contributed by atoms with Crippen molar-refractivity contribution >= 4 is 5.96 Å². The minimum atomic E-state index is -0.611. The highest BCUT2D eigenvalue weighted by Crippen LogP contribution is 2.35. The van der Waals surface area contributed by atoms with Crippen molar-refractivity contribution < 1.29 is 0 Å². The monoisotopic (exact) mass is 263 g/mol. The van der Waals surface area contributed by atoms with Crippen LogP contribution in [0.3, 0.4) is 0 Å². The van der Waals surface area contributed by atoms with Crippen molar-refractivity contribution in [3.63, 3.8) is 0 Å². The van der Waals surface area contributed by atoms with Crippen molar-refractivity contribution in [3.05, 3.63) is 12.3 Å². The maximum atomic E-state index is 6.39. The van der Waals surface area contributed by atoms with E-state index in [0.717, 1.165) is 6.42 Å². The van der Waals surface area contributed by atoms with Crippen LogP contribution >= 0.6 is 0 Å². The highest BCUT2D eigenvalue weighted by molar-refractivity contribution is 5.80. The van der Waals surface area contributed by atoms with Gasteiger partial charge in [-0.2, -0.15) is 0 Å². The molecule has 0 saturated carbocycles. The van der Waals surface area contributed by atoms with Crippen LogP contribution < -0.4 is 16.8 Å². The molecule has 1 unspecified atom stereocenters. The lowest BCUT2D eigenvalue weighted by atomic mass is 9.78. The molecule has 3 aliphatic rings. The van der Waals surface area contributed by atoms with Crippen LogP contribution in [0.15, 0.2) is 17.3 Å². The van der Waals surface area contributed by atoms with Gasteiger partial charge in [-0.3, -0.25) is 0 Å². The van der Waals surface area contributed by atoms with Gasteiger partial charge in [-0.05, 0) is 57.2 Å². The third-order valence-corrected chi connectivity index (χ3v) is 4.75. The number of rotatable bonds is 2. The van der Waals surface area contributed by atoms with E-state index in [1.807, 2.05) is 12.3 Å². The Hall–Kier alpha value is -1.07. The first-order valence-electron chi connectivity index (χ1n) is 7.49. The lowest BCUT2D eigenvalue weighted by Crippen LogP contribution is -2.52. The summed E-state index contributed by atoms with van der Waals surface area (Å²) in [5, 5.41) is 2.89. The van der Waals surface area contributed by atoms with Crippen LogP contribution in [-0.2, 0) is 0 Å². The van der Waals surface area contributed by atoms with Gasteiger partial charge in [0.25, 0.3) is 0 Å². The second kappa shape index (κ2) is 5.13. The van der Waals surface area contributed by atoms with Crippen LogP contribution in [0.5, 0.6) is 0 Å². The molecule has 0 radical (unpaired) electrons. The Kier molecular flexibility index (Phi) is 3.50. The number of hydrogen-bond acceptors (Lipinski definition) is 5. The van der Waals surface area contributed by atoms with E-state index in [1.165, 1.54) is 45.2 Å². The summed E-state index contributed by atoms with van der Waals surface area (Å²) in [5.74, 6) is 1.08. The predicted molar refractivity (Wildman–Crippen MR) is 77.4 cm³/mol. The normalized spacial score (nSPS) is 39.3. The minimum absolute atomic E-state index is 0.432. The lowest BCUT2D eigenvalue weighted by molar-refractivity contribution is 0.0488. The zero-order chi connectivity index (χ0) is 13.3. The average Bonchev–Trinajstić information content (AvgIpc) is 2.38. The molecule has 3 atom stereocenters. The van der Waals surface area contributed by atoms with Crippen molar-refractivity contribution in [1.82, 2.24) is 10.2 Å². The molecular weight excluding hydrogens is 238 g/mol. The van der Waals surface area contributed by atoms with Crippen LogP contribution in [0.4, 0.5) is 0 Å². The van der Waals surface area contributed by atoms with Crippen LogP contribution in [0, 0.1) is 5.92 Å². The summed E-state index contributed by atoms with van der Waals surface area (Å²) >= 11 is 0. The van der Waals surface area contributed by atoms with E-state index in [4.69, 9.17) is 11.5 Å². The Bertz CT molecular complexity index is 389. The van der Waals surface area contributed by atoms with Gasteiger partial charge in [0.05, 0.1) is 0 Å². The Morgan fingerprint density at radius 1 is 1.32 bits per heavy atom. The standard InChI is InChI=1S/C14H25N5/c15-13-17-7-6-14(16,18-13)10-11-4-3-9-19-8-2-1-5-12(11)19/h6-7,11-12H,1-5,8-10,16H2,(H3,15,17,18)/t11-,12+,14?/m0/s1. The minimum Gasteiger partial charge on any atom is -0.370 e. The number of nitrogens with zero attached hydrogens (tertiary/aromatic N) is 2. The van der Waals surface area contributed by atoms with E-state index in [-0.39, 0.29) is 0 Å². The molecule has 5 nitrogen and oxygen atoms in total. The quantitative estimate of drug-likeness (QED) is 0.686. The van der Waals surface area contributed by atoms with Crippen LogP contribution in [0.1, 0.15) is 38.5 Å². The maximum absolute atomic E-state index is 6.39. The third kappa shape index (κ3) is 2.77. The summed E-state index contributed by atoms with van der Waals surface area (Å²) in [6.45, 7) is 2.53. The molecule has 106 valence electrons. The fraction of sp³-hybridized carbons (Fsp3) is 0.786. The molecule has 0 spiro atoms. The number of hydrogen-bond donors (Lipinski definition) is 3. The van der Waals surface area contributed by atoms with E-state index < -0.39 is 5.66 Å². The van der Waals surface area contributed by atoms with Crippen molar-refractivity contribution in [2.75, 3.05) is 13.1 Å². The van der Waals surface area contributed by atoms with Gasteiger partial charge in [0.1, 0.15) is 5.66 Å². The molecule has 0 aromatic heterocycles. The molecule has 5 N–H and O–H groups in total. The van der Waals surface area contributed by atoms with E-state index in [0.29, 0.717) is 17.9 Å². The van der Waals surface area contributed by atoms with Crippen molar-refractivity contribution in [1.29, 1.82) is 0 Å². The molecule has 2 fully saturated rings. The van der Waals surface area contributed by atoms with E-state index in [9.17, 15) is 0 Å². The largest absolute Gasteiger partial charge is 0.370 e. The zero-order valence-electron chi connectivity index (χ0n) is 11.5. The molecule has 3 rings (SSSR count). The molecule has 3 aliphatic heterocycles. The van der Waals surface area contributed by atoms with Crippen LogP contribution in [0.25, 0.3) is 0 Å². The fourth-order valence-corrected chi connectivity index (χ4v) is 3.91. The first-order chi connectivity index (χ1) is 9.16. The molecule has 3 heterocycles. The summed E-state index contributed by atoms with van der Waals surface area (Å²) in [6, 6.07) is 0.711. The molecule has 0 amide bonds. The summed E-state index contributed by atoms with van der Waals surface area (Å²) < 4.78 is 0. The Morgan fingerprint density at radius 3 is 3.00 bits per heavy atom. The number of piperidine rings is 2. The van der Waals surface area contributed by atoms with Gasteiger partial charge < -0.3 is 21.7 Å². The molecule has 0 bridgehead atoms. The maximum Gasteiger partial charge on any atom is 0.194 e. The number of nitrogens with two attached hydrogens (primary N) is 2. The smallest absolute Gasteiger partial charge is 0.194 e. The second-order valence-electron chi connectivity index (χ2n) is 6.17. The van der Waals surface area contributed by atoms with Gasteiger partial charge in [0.15, 0.2) is 5.96 Å². The van der Waals surface area contributed by atoms with Gasteiger partial charge in [-0.25, -0.2) is 4.99 Å². The first kappa shape index (κ1) is 12.9. The SMILES string of the molecule is NC1=NC(N)(C[C@@H]2CCCN3CCCC[C@H]23)C=CN1. The van der Waals surface area contributed by atoms with Gasteiger partial charge in [0.2, 0.25) is 0 Å². The summed E-state index contributed by atoms with van der Waals surface area (Å²) in [6.07, 6.45) is 11.3. The van der Waals surface area contributed by atoms with E-state index in [2.05, 4.69) is 15.2 Å². The molecule has 19 heavy (non-hydrogen) atoms. The van der Waals surface area contributed by atoms with Crippen molar-refractivity contribution in [2.24, 2.45) is 22.4 Å². The van der Waals surface area contributed by atoms with Crippen LogP contribution in [0.2, 0.25) is 0 Å². The first-order valence-corrected chi connectivity index (χ1v) is 7.49. The molecule has 5 heteroatoms. The molecule has 0 aliphatic carbocycles. The fourth-order valence-electron chi connectivity index (χ4n) is 3.91. The molecular formula is C14H25N5. The lowest BCUT2D eigenvalue weighted by Gasteiger charge is -2.46. The van der Waals surface area contributed by atoms with Gasteiger partial charge in [-0.1, -0.05) is 6.42 Å². The Morgan fingerprint density at radius 2 is 2.16 bits per heavy atom. The van der Waals surface area contributed by atoms with E-state index in [1.54, 1.807) is 0 Å². The number of nitrogens with one attached hydrogen (secondary N) is 1. The highest BCUT2D eigenvalue weighted by atomic mass is 15.2. The Balaban J connectivity index is 1.71. The summed E-state index contributed by atoms with van der Waals surface area (Å²) in [5.41, 5.74) is 11.5. The molecule has 0 aromatic carbocycles. The van der Waals surface area contributed by atoms with E-state index >= 15 is 0 Å². The Labute approximate surface area is 115 Å². The highest BCUT2D eigenvalue weighted by Gasteiger charge is 2.37. The molecule has 0 aromatic rings. The van der Waals surface area contributed by atoms with Gasteiger partial charge in [-0.15, -0.1) is 0 Å². The topological polar surface area (TPSA) is 79.7 Å². The van der Waals surface area contributed by atoms with Crippen LogP contribution in [-0.4, -0.2) is 35.7 Å². The summed E-state index contributed by atoms with van der Waals surface area (Å²) in [7, 11) is 0. The van der Waals surface area contributed by atoms with Crippen molar-refractivity contribution in [2.45, 2.75) is 50.2 Å². The third-order valence-electron chi connectivity index (χ3n) is 4.75. The van der Waals surface area contributed by atoms with Gasteiger partial charge in [0, 0.05) is 12.2 Å². The average molecular weight is 263 g/mol. The number of aliphatic imine (C=N–C) groups is 1. The summed E-state index contributed by atoms with van der Waals surface area (Å²) in [4.78, 5) is 7.07. The molecule has 2 saturated heterocycles. The predicted octanol–water partition coefficient (Wildman–Crippen LogP) is 0.728. The van der Waals surface area contributed by atoms with Gasteiger partial charge >= 0.3 is 0 Å². The zero-order valence-corrected chi connectivity index (χ0v) is 11.5. The second-order valence-corrected chi connectivity index (χ2v) is 6.17.